The number of hydrogen-bond donors (Lipinski definition) is 2. The molecule has 2 N–H and O–H groups in total. The van der Waals surface area contributed by atoms with Gasteiger partial charge in [0.2, 0.25) is 5.91 Å². The van der Waals surface area contributed by atoms with Crippen molar-refractivity contribution in [3.63, 3.8) is 0 Å². The number of amides is 1. The fraction of sp³-hybridized carbons (Fsp3) is 0.267. The molecule has 0 fully saturated rings. The Morgan fingerprint density at radius 2 is 2.35 bits per heavy atom. The zero-order valence-corrected chi connectivity index (χ0v) is 12.5. The van der Waals surface area contributed by atoms with Crippen LogP contribution in [0.2, 0.25) is 5.02 Å². The van der Waals surface area contributed by atoms with E-state index in [2.05, 4.69) is 5.32 Å². The molecule has 2 aromatic rings. The number of nitrogens with one attached hydrogen (secondary N) is 1. The monoisotopic (exact) mass is 307 g/mol. The zero-order valence-electron chi connectivity index (χ0n) is 10.9. The maximum atomic E-state index is 11.5. The van der Waals surface area contributed by atoms with Gasteiger partial charge in [-0.1, -0.05) is 17.7 Å². The zero-order chi connectivity index (χ0) is 14.3. The third-order valence-electron chi connectivity index (χ3n) is 3.56. The number of thiophene rings is 1. The van der Waals surface area contributed by atoms with E-state index in [4.69, 9.17) is 11.6 Å². The van der Waals surface area contributed by atoms with Crippen LogP contribution in [0.3, 0.4) is 0 Å². The lowest BCUT2D eigenvalue weighted by molar-refractivity contribution is -0.115. The summed E-state index contributed by atoms with van der Waals surface area (Å²) in [6.07, 6.45) is 0.240. The Labute approximate surface area is 126 Å². The molecule has 0 saturated carbocycles. The molecule has 104 valence electrons. The van der Waals surface area contributed by atoms with Crippen LogP contribution in [-0.4, -0.2) is 11.0 Å². The van der Waals surface area contributed by atoms with E-state index in [0.29, 0.717) is 23.4 Å². The first-order chi connectivity index (χ1) is 9.56. The summed E-state index contributed by atoms with van der Waals surface area (Å²) in [5.74, 6) is -0.0240. The third kappa shape index (κ3) is 2.35. The average Bonchev–Trinajstić information content (AvgIpc) is 3.02. The third-order valence-corrected chi connectivity index (χ3v) is 4.96. The van der Waals surface area contributed by atoms with Crippen LogP contribution in [-0.2, 0) is 17.6 Å². The number of halogens is 1. The van der Waals surface area contributed by atoms with E-state index in [1.807, 2.05) is 30.5 Å². The number of aliphatic hydroxyl groups excluding tert-OH is 1. The van der Waals surface area contributed by atoms with E-state index in [1.54, 1.807) is 11.3 Å². The number of rotatable bonds is 3. The Hall–Kier alpha value is -1.36. The molecule has 1 amide bonds. The van der Waals surface area contributed by atoms with Crippen molar-refractivity contribution in [1.29, 1.82) is 0 Å². The predicted molar refractivity (Wildman–Crippen MR) is 81.5 cm³/mol. The first-order valence-electron chi connectivity index (χ1n) is 6.38. The molecule has 1 aliphatic heterocycles. The highest BCUT2D eigenvalue weighted by molar-refractivity contribution is 7.09. The minimum atomic E-state index is -0.652. The number of carbonyl (C=O) groups is 1. The summed E-state index contributed by atoms with van der Waals surface area (Å²) in [5.41, 5.74) is 3.24. The predicted octanol–water partition coefficient (Wildman–Crippen LogP) is 3.48. The topological polar surface area (TPSA) is 49.3 Å². The van der Waals surface area contributed by atoms with Crippen molar-refractivity contribution >= 4 is 34.5 Å². The van der Waals surface area contributed by atoms with Gasteiger partial charge in [0.1, 0.15) is 0 Å². The van der Waals surface area contributed by atoms with Gasteiger partial charge in [0, 0.05) is 22.5 Å². The smallest absolute Gasteiger partial charge is 0.228 e. The lowest BCUT2D eigenvalue weighted by atomic mass is 9.98. The molecule has 2 heterocycles. The highest BCUT2D eigenvalue weighted by Crippen LogP contribution is 2.38. The fourth-order valence-electron chi connectivity index (χ4n) is 2.53. The van der Waals surface area contributed by atoms with Gasteiger partial charge in [0.25, 0.3) is 0 Å². The largest absolute Gasteiger partial charge is 0.388 e. The van der Waals surface area contributed by atoms with Crippen LogP contribution in [0, 0.1) is 6.92 Å². The summed E-state index contributed by atoms with van der Waals surface area (Å²) in [6, 6.07) is 5.80. The molecule has 0 bridgehead atoms. The van der Waals surface area contributed by atoms with Crippen molar-refractivity contribution in [2.75, 3.05) is 5.32 Å². The van der Waals surface area contributed by atoms with Gasteiger partial charge >= 0.3 is 0 Å². The van der Waals surface area contributed by atoms with E-state index >= 15 is 0 Å². The van der Waals surface area contributed by atoms with Gasteiger partial charge in [-0.3, -0.25) is 4.79 Å². The molecule has 0 aliphatic carbocycles. The van der Waals surface area contributed by atoms with Crippen molar-refractivity contribution < 1.29 is 9.90 Å². The second-order valence-electron chi connectivity index (χ2n) is 4.96. The lowest BCUT2D eigenvalue weighted by Gasteiger charge is -2.16. The molecule has 5 heteroatoms. The summed E-state index contributed by atoms with van der Waals surface area (Å²) in [4.78, 5) is 12.6. The first-order valence-corrected chi connectivity index (χ1v) is 7.64. The van der Waals surface area contributed by atoms with Gasteiger partial charge in [0.05, 0.1) is 17.5 Å². The Bertz CT molecular complexity index is 667. The summed E-state index contributed by atoms with van der Waals surface area (Å²) < 4.78 is 0. The Balaban J connectivity index is 1.96. The van der Waals surface area contributed by atoms with Gasteiger partial charge in [-0.15, -0.1) is 11.3 Å². The second-order valence-corrected chi connectivity index (χ2v) is 6.37. The maximum Gasteiger partial charge on any atom is 0.228 e. The van der Waals surface area contributed by atoms with Crippen molar-refractivity contribution in [1.82, 2.24) is 0 Å². The molecule has 1 aliphatic rings. The van der Waals surface area contributed by atoms with Crippen LogP contribution in [0.15, 0.2) is 23.6 Å². The number of benzene rings is 1. The highest BCUT2D eigenvalue weighted by atomic mass is 35.5. The van der Waals surface area contributed by atoms with Crippen LogP contribution in [0.1, 0.15) is 27.7 Å². The molecule has 0 saturated heterocycles. The van der Waals surface area contributed by atoms with Crippen molar-refractivity contribution in [2.24, 2.45) is 0 Å². The maximum absolute atomic E-state index is 11.5. The molecule has 3 nitrogen and oxygen atoms in total. The molecule has 1 atom stereocenters. The molecular weight excluding hydrogens is 294 g/mol. The second kappa shape index (κ2) is 5.20. The van der Waals surface area contributed by atoms with E-state index < -0.39 is 6.10 Å². The molecule has 1 aromatic heterocycles. The SMILES string of the molecule is Cc1c(Cl)c(C(O)Cc2cccs2)cc2c1NC(=O)C2. The van der Waals surface area contributed by atoms with Gasteiger partial charge in [-0.05, 0) is 35.6 Å². The van der Waals surface area contributed by atoms with Crippen LogP contribution in [0.4, 0.5) is 5.69 Å². The normalized spacial score (nSPS) is 15.1. The van der Waals surface area contributed by atoms with Crippen LogP contribution in [0.25, 0.3) is 0 Å². The first kappa shape index (κ1) is 13.6. The van der Waals surface area contributed by atoms with Gasteiger partial charge in [-0.25, -0.2) is 0 Å². The van der Waals surface area contributed by atoms with Gasteiger partial charge in [0.15, 0.2) is 0 Å². The van der Waals surface area contributed by atoms with E-state index in [0.717, 1.165) is 21.7 Å². The summed E-state index contributed by atoms with van der Waals surface area (Å²) in [7, 11) is 0. The molecule has 1 unspecified atom stereocenters. The molecule has 20 heavy (non-hydrogen) atoms. The van der Waals surface area contributed by atoms with Gasteiger partial charge < -0.3 is 10.4 Å². The van der Waals surface area contributed by atoms with Crippen LogP contribution in [0.5, 0.6) is 0 Å². The summed E-state index contributed by atoms with van der Waals surface area (Å²) in [6.45, 7) is 1.87. The Morgan fingerprint density at radius 1 is 1.55 bits per heavy atom. The molecule has 3 rings (SSSR count). The number of carbonyl (C=O) groups excluding carboxylic acids is 1. The molecular formula is C15H14ClNO2S. The minimum absolute atomic E-state index is 0.0240. The van der Waals surface area contributed by atoms with Crippen molar-refractivity contribution in [3.05, 3.63) is 50.2 Å². The number of hydrogen-bond acceptors (Lipinski definition) is 3. The molecule has 1 aromatic carbocycles. The van der Waals surface area contributed by atoms with E-state index in [-0.39, 0.29) is 5.91 Å². The van der Waals surface area contributed by atoms with E-state index in [9.17, 15) is 9.90 Å². The van der Waals surface area contributed by atoms with Crippen LogP contribution >= 0.6 is 22.9 Å². The molecule has 0 spiro atoms. The Morgan fingerprint density at radius 3 is 3.05 bits per heavy atom. The lowest BCUT2D eigenvalue weighted by Crippen LogP contribution is -2.05. The van der Waals surface area contributed by atoms with Crippen LogP contribution < -0.4 is 5.32 Å². The fourth-order valence-corrected chi connectivity index (χ4v) is 3.55. The standard InChI is InChI=1S/C15H14ClNO2S/c1-8-14(16)11(5-9-6-13(19)17-15(8)9)12(18)7-10-3-2-4-20-10/h2-5,12,18H,6-7H2,1H3,(H,17,19). The minimum Gasteiger partial charge on any atom is -0.388 e. The van der Waals surface area contributed by atoms with Gasteiger partial charge in [-0.2, -0.15) is 0 Å². The number of anilines is 1. The van der Waals surface area contributed by atoms with Crippen molar-refractivity contribution in [3.8, 4) is 0 Å². The van der Waals surface area contributed by atoms with Crippen molar-refractivity contribution in [2.45, 2.75) is 25.9 Å². The van der Waals surface area contributed by atoms with E-state index in [1.165, 1.54) is 0 Å². The summed E-state index contributed by atoms with van der Waals surface area (Å²) in [5, 5.41) is 15.8. The Kier molecular flexibility index (Phi) is 3.54. The molecule has 0 radical (unpaired) electrons. The highest BCUT2D eigenvalue weighted by Gasteiger charge is 2.25. The number of aliphatic hydroxyl groups is 1. The average molecular weight is 308 g/mol. The quantitative estimate of drug-likeness (QED) is 0.912. The number of fused-ring (bicyclic) bond motifs is 1. The summed E-state index contributed by atoms with van der Waals surface area (Å²) >= 11 is 7.96.